The molecule has 0 fully saturated rings. The molecule has 2 aromatic carbocycles. The fourth-order valence-electron chi connectivity index (χ4n) is 2.53. The van der Waals surface area contributed by atoms with Crippen LogP contribution in [-0.4, -0.2) is 24.5 Å². The van der Waals surface area contributed by atoms with E-state index in [1.54, 1.807) is 0 Å². The molecule has 0 saturated heterocycles. The number of sulfone groups is 1. The van der Waals surface area contributed by atoms with Crippen molar-refractivity contribution in [1.29, 1.82) is 0 Å². The van der Waals surface area contributed by atoms with Crippen molar-refractivity contribution in [3.63, 3.8) is 0 Å². The standard InChI is InChI=1S/C17H9Cl2F5N2O2S/c1-29(27,28)15-6-11(20)14(5-12(15)21)26-13(7-16(25-26)17(22,23)24)8-2-3-9(18)10(19)4-8/h2-7H,1H3. The maximum Gasteiger partial charge on any atom is 0.435 e. The quantitative estimate of drug-likeness (QED) is 0.471. The van der Waals surface area contributed by atoms with Crippen LogP contribution in [0.15, 0.2) is 41.3 Å². The van der Waals surface area contributed by atoms with Crippen LogP contribution < -0.4 is 0 Å². The van der Waals surface area contributed by atoms with Crippen LogP contribution in [0.5, 0.6) is 0 Å². The van der Waals surface area contributed by atoms with E-state index in [0.717, 1.165) is 0 Å². The molecule has 1 aromatic heterocycles. The first kappa shape index (κ1) is 21.5. The highest BCUT2D eigenvalue weighted by Gasteiger charge is 2.36. The Morgan fingerprint density at radius 3 is 2.17 bits per heavy atom. The smallest absolute Gasteiger partial charge is 0.229 e. The van der Waals surface area contributed by atoms with Crippen LogP contribution in [0.2, 0.25) is 10.0 Å². The normalized spacial score (nSPS) is 12.4. The lowest BCUT2D eigenvalue weighted by atomic mass is 10.1. The van der Waals surface area contributed by atoms with Gasteiger partial charge in [-0.3, -0.25) is 0 Å². The van der Waals surface area contributed by atoms with Gasteiger partial charge in [0.15, 0.2) is 15.5 Å². The molecular formula is C17H9Cl2F5N2O2S. The number of halogens is 7. The van der Waals surface area contributed by atoms with Crippen molar-refractivity contribution in [2.24, 2.45) is 0 Å². The predicted molar refractivity (Wildman–Crippen MR) is 97.0 cm³/mol. The molecule has 0 atom stereocenters. The van der Waals surface area contributed by atoms with Crippen molar-refractivity contribution in [3.05, 3.63) is 63.8 Å². The van der Waals surface area contributed by atoms with Gasteiger partial charge >= 0.3 is 6.18 Å². The minimum absolute atomic E-state index is 0.0181. The van der Waals surface area contributed by atoms with Crippen LogP contribution in [0.4, 0.5) is 22.0 Å². The second-order valence-electron chi connectivity index (χ2n) is 5.96. The Labute approximate surface area is 171 Å². The molecule has 0 aliphatic rings. The summed E-state index contributed by atoms with van der Waals surface area (Å²) < 4.78 is 92.0. The van der Waals surface area contributed by atoms with Gasteiger partial charge in [-0.2, -0.15) is 18.3 Å². The van der Waals surface area contributed by atoms with Gasteiger partial charge in [0.1, 0.15) is 22.2 Å². The van der Waals surface area contributed by atoms with Crippen LogP contribution in [0.25, 0.3) is 16.9 Å². The predicted octanol–water partition coefficient (Wildman–Crippen LogP) is 5.55. The van der Waals surface area contributed by atoms with E-state index in [2.05, 4.69) is 5.10 Å². The molecule has 0 aliphatic carbocycles. The molecule has 3 aromatic rings. The molecule has 154 valence electrons. The van der Waals surface area contributed by atoms with E-state index in [9.17, 15) is 30.4 Å². The third kappa shape index (κ3) is 4.24. The zero-order chi connectivity index (χ0) is 21.7. The molecule has 29 heavy (non-hydrogen) atoms. The van der Waals surface area contributed by atoms with Crippen LogP contribution in [0.1, 0.15) is 5.69 Å². The SMILES string of the molecule is CS(=O)(=O)c1cc(F)c(-n2nc(C(F)(F)F)cc2-c2ccc(Cl)c(Cl)c2)cc1F. The van der Waals surface area contributed by atoms with Crippen molar-refractivity contribution in [1.82, 2.24) is 9.78 Å². The number of aromatic nitrogens is 2. The molecule has 0 unspecified atom stereocenters. The summed E-state index contributed by atoms with van der Waals surface area (Å²) in [5.74, 6) is -2.63. The summed E-state index contributed by atoms with van der Waals surface area (Å²) in [6.45, 7) is 0. The number of hydrogen-bond donors (Lipinski definition) is 0. The van der Waals surface area contributed by atoms with Gasteiger partial charge in [0.2, 0.25) is 0 Å². The van der Waals surface area contributed by atoms with Gasteiger partial charge in [0.05, 0.1) is 15.7 Å². The molecule has 0 spiro atoms. The number of hydrogen-bond acceptors (Lipinski definition) is 3. The summed E-state index contributed by atoms with van der Waals surface area (Å²) in [4.78, 5) is -0.932. The maximum absolute atomic E-state index is 14.6. The molecule has 0 radical (unpaired) electrons. The van der Waals surface area contributed by atoms with E-state index in [1.807, 2.05) is 0 Å². The van der Waals surface area contributed by atoms with Crippen molar-refractivity contribution in [2.75, 3.05) is 6.26 Å². The van der Waals surface area contributed by atoms with Gasteiger partial charge in [-0.25, -0.2) is 21.9 Å². The summed E-state index contributed by atoms with van der Waals surface area (Å²) in [6.07, 6.45) is -4.21. The Hall–Kier alpha value is -2.17. The number of nitrogens with zero attached hydrogens (tertiary/aromatic N) is 2. The van der Waals surface area contributed by atoms with Crippen LogP contribution in [-0.2, 0) is 16.0 Å². The second kappa shape index (κ2) is 7.26. The lowest BCUT2D eigenvalue weighted by Gasteiger charge is -2.11. The molecule has 0 saturated carbocycles. The maximum atomic E-state index is 14.6. The highest BCUT2D eigenvalue weighted by Crippen LogP contribution is 2.36. The van der Waals surface area contributed by atoms with Gasteiger partial charge in [-0.05, 0) is 24.3 Å². The average Bonchev–Trinajstić information content (AvgIpc) is 3.03. The Morgan fingerprint density at radius 1 is 0.966 bits per heavy atom. The van der Waals surface area contributed by atoms with Gasteiger partial charge in [0.25, 0.3) is 0 Å². The first-order valence-electron chi connectivity index (χ1n) is 7.61. The number of benzene rings is 2. The van der Waals surface area contributed by atoms with Crippen LogP contribution in [0.3, 0.4) is 0 Å². The molecule has 12 heteroatoms. The van der Waals surface area contributed by atoms with E-state index in [-0.39, 0.29) is 21.3 Å². The minimum Gasteiger partial charge on any atom is -0.229 e. The molecule has 3 rings (SSSR count). The molecule has 0 N–H and O–H groups in total. The molecule has 1 heterocycles. The van der Waals surface area contributed by atoms with Crippen molar-refractivity contribution < 1.29 is 30.4 Å². The summed E-state index contributed by atoms with van der Waals surface area (Å²) in [5, 5.41) is 3.48. The Kier molecular flexibility index (Phi) is 5.39. The summed E-state index contributed by atoms with van der Waals surface area (Å²) in [5.41, 5.74) is -2.26. The topological polar surface area (TPSA) is 52.0 Å². The van der Waals surface area contributed by atoms with Gasteiger partial charge < -0.3 is 0 Å². The van der Waals surface area contributed by atoms with Gasteiger partial charge in [0, 0.05) is 17.9 Å². The zero-order valence-corrected chi connectivity index (χ0v) is 16.6. The molecular weight excluding hydrogens is 462 g/mol. The van der Waals surface area contributed by atoms with Gasteiger partial charge in [-0.1, -0.05) is 29.3 Å². The summed E-state index contributed by atoms with van der Waals surface area (Å²) in [6, 6.07) is 5.33. The molecule has 0 amide bonds. The Balaban J connectivity index is 2.30. The molecule has 0 aliphatic heterocycles. The van der Waals surface area contributed by atoms with E-state index >= 15 is 0 Å². The second-order valence-corrected chi connectivity index (χ2v) is 8.76. The first-order chi connectivity index (χ1) is 13.3. The average molecular weight is 471 g/mol. The third-order valence-electron chi connectivity index (χ3n) is 3.84. The van der Waals surface area contributed by atoms with Crippen LogP contribution in [0, 0.1) is 11.6 Å². The number of alkyl halides is 3. The lowest BCUT2D eigenvalue weighted by molar-refractivity contribution is -0.141. The van der Waals surface area contributed by atoms with E-state index < -0.39 is 43.9 Å². The number of rotatable bonds is 3. The van der Waals surface area contributed by atoms with E-state index in [0.29, 0.717) is 29.1 Å². The van der Waals surface area contributed by atoms with Crippen molar-refractivity contribution >= 4 is 33.0 Å². The zero-order valence-electron chi connectivity index (χ0n) is 14.2. The largest absolute Gasteiger partial charge is 0.435 e. The van der Waals surface area contributed by atoms with E-state index in [4.69, 9.17) is 23.2 Å². The monoisotopic (exact) mass is 470 g/mol. The van der Waals surface area contributed by atoms with E-state index in [1.165, 1.54) is 18.2 Å². The first-order valence-corrected chi connectivity index (χ1v) is 10.3. The summed E-state index contributed by atoms with van der Waals surface area (Å²) in [7, 11) is -4.10. The summed E-state index contributed by atoms with van der Waals surface area (Å²) >= 11 is 11.7. The van der Waals surface area contributed by atoms with Crippen molar-refractivity contribution in [2.45, 2.75) is 11.1 Å². The minimum atomic E-state index is -4.88. The fourth-order valence-corrected chi connectivity index (χ4v) is 3.56. The van der Waals surface area contributed by atoms with Crippen molar-refractivity contribution in [3.8, 4) is 16.9 Å². The van der Waals surface area contributed by atoms with Crippen LogP contribution >= 0.6 is 23.2 Å². The highest BCUT2D eigenvalue weighted by atomic mass is 35.5. The lowest BCUT2D eigenvalue weighted by Crippen LogP contribution is -2.10. The molecule has 4 nitrogen and oxygen atoms in total. The fraction of sp³-hybridized carbons (Fsp3) is 0.118. The highest BCUT2D eigenvalue weighted by molar-refractivity contribution is 7.90. The third-order valence-corrected chi connectivity index (χ3v) is 5.69. The van der Waals surface area contributed by atoms with Gasteiger partial charge in [-0.15, -0.1) is 0 Å². The Bertz CT molecular complexity index is 1220. The molecule has 0 bridgehead atoms. The Morgan fingerprint density at radius 2 is 1.62 bits per heavy atom.